The maximum absolute atomic E-state index is 13.2. The normalized spacial score (nSPS) is 15.0. The number of halogens is 1. The second-order valence-electron chi connectivity index (χ2n) is 7.07. The van der Waals surface area contributed by atoms with E-state index >= 15 is 0 Å². The maximum atomic E-state index is 13.2. The van der Waals surface area contributed by atoms with Crippen molar-refractivity contribution in [3.05, 3.63) is 65.5 Å². The molecule has 0 aliphatic heterocycles. The molecular weight excluding hydrogens is 367 g/mol. The zero-order valence-electron chi connectivity index (χ0n) is 17.7. The number of allylic oxidation sites excluding steroid dienone is 6. The highest BCUT2D eigenvalue weighted by Crippen LogP contribution is 2.24. The summed E-state index contributed by atoms with van der Waals surface area (Å²) < 4.78 is 19.1. The van der Waals surface area contributed by atoms with Gasteiger partial charge >= 0.3 is 5.97 Å². The highest BCUT2D eigenvalue weighted by Gasteiger charge is 2.09. The summed E-state index contributed by atoms with van der Waals surface area (Å²) in [5, 5.41) is 8.24. The quantitative estimate of drug-likeness (QED) is 0.534. The number of hydrogen-bond acceptors (Lipinski definition) is 2. The van der Waals surface area contributed by atoms with Crippen LogP contribution in [0.1, 0.15) is 53.4 Å². The first-order chi connectivity index (χ1) is 13.8. The molecule has 0 saturated heterocycles. The van der Waals surface area contributed by atoms with E-state index in [-0.39, 0.29) is 24.3 Å². The van der Waals surface area contributed by atoms with Crippen LogP contribution in [-0.4, -0.2) is 17.2 Å². The number of hydrogen-bond donors (Lipinski definition) is 1. The number of carbonyl (C=O) groups is 1. The van der Waals surface area contributed by atoms with E-state index in [2.05, 4.69) is 18.8 Å². The average molecular weight is 399 g/mol. The summed E-state index contributed by atoms with van der Waals surface area (Å²) in [5.41, 5.74) is 2.36. The molecule has 2 atom stereocenters. The Morgan fingerprint density at radius 3 is 2.55 bits per heavy atom. The van der Waals surface area contributed by atoms with Gasteiger partial charge in [0.2, 0.25) is 0 Å². The molecule has 0 aromatic heterocycles. The van der Waals surface area contributed by atoms with Crippen LogP contribution in [0.25, 0.3) is 0 Å². The SMILES string of the molecule is CC#CC(C)CC(=O)O.CC1=CC=C(F)CC=C1CCC(C)Oc1ccccc1. The van der Waals surface area contributed by atoms with Crippen LogP contribution in [0.15, 0.2) is 65.5 Å². The van der Waals surface area contributed by atoms with Crippen LogP contribution in [0, 0.1) is 17.8 Å². The summed E-state index contributed by atoms with van der Waals surface area (Å²) in [4.78, 5) is 10.0. The standard InChI is InChI=1S/C18H21FO.C7H10O2/c1-14-8-12-17(19)13-11-16(14)10-9-15(2)20-18-6-4-3-5-7-18;1-3-4-6(2)5-7(8)9/h3-8,11-12,15H,9-10,13H2,1-2H3;6H,5H2,1-2H3,(H,8,9). The van der Waals surface area contributed by atoms with Gasteiger partial charge in [-0.15, -0.1) is 5.92 Å². The van der Waals surface area contributed by atoms with Crippen LogP contribution in [-0.2, 0) is 4.79 Å². The molecule has 1 aliphatic carbocycles. The molecule has 0 spiro atoms. The number of carboxylic acid groups (broad SMARTS) is 1. The van der Waals surface area contributed by atoms with Crippen molar-refractivity contribution in [1.29, 1.82) is 0 Å². The third-order valence-corrected chi connectivity index (χ3v) is 4.34. The Morgan fingerprint density at radius 1 is 1.24 bits per heavy atom. The van der Waals surface area contributed by atoms with Gasteiger partial charge in [0.25, 0.3) is 0 Å². The first-order valence-corrected chi connectivity index (χ1v) is 9.90. The van der Waals surface area contributed by atoms with Crippen molar-refractivity contribution in [1.82, 2.24) is 0 Å². The van der Waals surface area contributed by atoms with Gasteiger partial charge in [-0.3, -0.25) is 4.79 Å². The van der Waals surface area contributed by atoms with Crippen molar-refractivity contribution in [3.63, 3.8) is 0 Å². The molecule has 4 heteroatoms. The Morgan fingerprint density at radius 2 is 1.93 bits per heavy atom. The largest absolute Gasteiger partial charge is 0.491 e. The zero-order valence-corrected chi connectivity index (χ0v) is 17.7. The maximum Gasteiger partial charge on any atom is 0.304 e. The van der Waals surface area contributed by atoms with Gasteiger partial charge in [0, 0.05) is 12.3 Å². The highest BCUT2D eigenvalue weighted by molar-refractivity contribution is 5.67. The molecule has 1 aliphatic rings. The van der Waals surface area contributed by atoms with E-state index in [1.54, 1.807) is 19.9 Å². The van der Waals surface area contributed by atoms with Crippen molar-refractivity contribution in [2.75, 3.05) is 0 Å². The summed E-state index contributed by atoms with van der Waals surface area (Å²) in [6.07, 6.45) is 7.93. The lowest BCUT2D eigenvalue weighted by molar-refractivity contribution is -0.137. The Kier molecular flexibility index (Phi) is 11.2. The van der Waals surface area contributed by atoms with Gasteiger partial charge in [-0.05, 0) is 63.0 Å². The molecule has 1 N–H and O–H groups in total. The van der Waals surface area contributed by atoms with Crippen molar-refractivity contribution < 1.29 is 19.0 Å². The fourth-order valence-corrected chi connectivity index (χ4v) is 2.78. The van der Waals surface area contributed by atoms with E-state index in [9.17, 15) is 9.18 Å². The number of para-hydroxylation sites is 1. The van der Waals surface area contributed by atoms with Crippen molar-refractivity contribution in [2.45, 2.75) is 59.5 Å². The van der Waals surface area contributed by atoms with Gasteiger partial charge in [-0.25, -0.2) is 4.39 Å². The number of rotatable bonds is 7. The molecule has 0 saturated carbocycles. The van der Waals surface area contributed by atoms with Crippen LogP contribution in [0.5, 0.6) is 5.75 Å². The molecule has 0 heterocycles. The van der Waals surface area contributed by atoms with Crippen LogP contribution in [0.4, 0.5) is 4.39 Å². The molecule has 0 radical (unpaired) electrons. The molecule has 0 amide bonds. The fraction of sp³-hybridized carbons (Fsp3) is 0.400. The molecular formula is C25H31FO3. The van der Waals surface area contributed by atoms with E-state index < -0.39 is 5.97 Å². The fourth-order valence-electron chi connectivity index (χ4n) is 2.78. The predicted octanol–water partition coefficient (Wildman–Crippen LogP) is 6.48. The van der Waals surface area contributed by atoms with Crippen LogP contribution < -0.4 is 4.74 Å². The van der Waals surface area contributed by atoms with E-state index in [1.165, 1.54) is 5.57 Å². The molecule has 3 nitrogen and oxygen atoms in total. The number of aliphatic carboxylic acids is 1. The number of ether oxygens (including phenoxy) is 1. The van der Waals surface area contributed by atoms with E-state index in [0.29, 0.717) is 6.42 Å². The van der Waals surface area contributed by atoms with Gasteiger partial charge < -0.3 is 9.84 Å². The molecule has 2 rings (SSSR count). The minimum absolute atomic E-state index is 0.0208. The zero-order chi connectivity index (χ0) is 21.6. The minimum atomic E-state index is -0.787. The van der Waals surface area contributed by atoms with Crippen molar-refractivity contribution in [3.8, 4) is 17.6 Å². The summed E-state index contributed by atoms with van der Waals surface area (Å²) in [6.45, 7) is 7.61. The molecule has 0 bridgehead atoms. The Balaban J connectivity index is 0.000000396. The van der Waals surface area contributed by atoms with Crippen LogP contribution in [0.2, 0.25) is 0 Å². The monoisotopic (exact) mass is 398 g/mol. The third kappa shape index (κ3) is 10.9. The third-order valence-electron chi connectivity index (χ3n) is 4.34. The highest BCUT2D eigenvalue weighted by atomic mass is 19.1. The summed E-state index contributed by atoms with van der Waals surface area (Å²) >= 11 is 0. The van der Waals surface area contributed by atoms with Gasteiger partial charge in [-0.2, -0.15) is 0 Å². The van der Waals surface area contributed by atoms with Crippen molar-refractivity contribution in [2.24, 2.45) is 5.92 Å². The van der Waals surface area contributed by atoms with E-state index in [0.717, 1.165) is 24.2 Å². The second kappa shape index (κ2) is 13.4. The molecule has 29 heavy (non-hydrogen) atoms. The predicted molar refractivity (Wildman–Crippen MR) is 116 cm³/mol. The number of carboxylic acids is 1. The van der Waals surface area contributed by atoms with E-state index in [4.69, 9.17) is 9.84 Å². The summed E-state index contributed by atoms with van der Waals surface area (Å²) in [6, 6.07) is 9.84. The van der Waals surface area contributed by atoms with Gasteiger partial charge in [-0.1, -0.05) is 43.2 Å². The Bertz CT molecular complexity index is 794. The topological polar surface area (TPSA) is 46.5 Å². The molecule has 2 unspecified atom stereocenters. The lowest BCUT2D eigenvalue weighted by Gasteiger charge is -2.16. The smallest absolute Gasteiger partial charge is 0.304 e. The second-order valence-corrected chi connectivity index (χ2v) is 7.07. The van der Waals surface area contributed by atoms with E-state index in [1.807, 2.05) is 49.4 Å². The molecule has 156 valence electrons. The van der Waals surface area contributed by atoms with Crippen molar-refractivity contribution >= 4 is 5.97 Å². The van der Waals surface area contributed by atoms with Crippen LogP contribution in [0.3, 0.4) is 0 Å². The van der Waals surface area contributed by atoms with Gasteiger partial charge in [0.05, 0.1) is 12.5 Å². The van der Waals surface area contributed by atoms with Gasteiger partial charge in [0.1, 0.15) is 11.6 Å². The number of benzene rings is 1. The minimum Gasteiger partial charge on any atom is -0.491 e. The lowest BCUT2D eigenvalue weighted by Crippen LogP contribution is -2.12. The molecule has 0 fully saturated rings. The van der Waals surface area contributed by atoms with Gasteiger partial charge in [0.15, 0.2) is 0 Å². The first kappa shape index (κ1) is 24.2. The molecule has 1 aromatic rings. The van der Waals surface area contributed by atoms with Crippen LogP contribution >= 0.6 is 0 Å². The molecule has 1 aromatic carbocycles. The summed E-state index contributed by atoms with van der Waals surface area (Å²) in [5.74, 6) is 5.42. The summed E-state index contributed by atoms with van der Waals surface area (Å²) in [7, 11) is 0. The Hall–Kier alpha value is -2.80. The Labute approximate surface area is 174 Å². The average Bonchev–Trinajstić information content (AvgIpc) is 2.82. The first-order valence-electron chi connectivity index (χ1n) is 9.90. The lowest BCUT2D eigenvalue weighted by atomic mass is 10.0.